The van der Waals surface area contributed by atoms with Gasteiger partial charge < -0.3 is 10.5 Å². The number of hydrogen-bond donors (Lipinski definition) is 2. The van der Waals surface area contributed by atoms with Crippen LogP contribution in [-0.2, 0) is 0 Å². The highest BCUT2D eigenvalue weighted by molar-refractivity contribution is 7.13. The van der Waals surface area contributed by atoms with Crippen molar-refractivity contribution in [3.05, 3.63) is 17.5 Å². The Balaban J connectivity index is 2.35. The average molecular weight is 195 g/mol. The van der Waals surface area contributed by atoms with Crippen molar-refractivity contribution in [2.45, 2.75) is 0 Å². The molecule has 2 aromatic rings. The Labute approximate surface area is 79.3 Å². The number of thiophene rings is 1. The molecule has 0 saturated carbocycles. The van der Waals surface area contributed by atoms with E-state index in [1.54, 1.807) is 24.5 Å². The average Bonchev–Trinajstić information content (AvgIpc) is 2.71. The van der Waals surface area contributed by atoms with Gasteiger partial charge in [0.1, 0.15) is 11.6 Å². The number of nitrogens with zero attached hydrogens (tertiary/aromatic N) is 1. The van der Waals surface area contributed by atoms with Gasteiger partial charge in [0.15, 0.2) is 0 Å². The van der Waals surface area contributed by atoms with E-state index in [1.807, 2.05) is 11.4 Å². The Morgan fingerprint density at radius 3 is 2.92 bits per heavy atom. The summed E-state index contributed by atoms with van der Waals surface area (Å²) in [4.78, 5) is 1.07. The molecular formula is C8H9N3OS. The second-order valence-electron chi connectivity index (χ2n) is 2.56. The van der Waals surface area contributed by atoms with E-state index < -0.39 is 0 Å². The number of methoxy groups -OCH3 is 1. The zero-order chi connectivity index (χ0) is 9.26. The Morgan fingerprint density at radius 1 is 1.54 bits per heavy atom. The maximum atomic E-state index is 5.49. The van der Waals surface area contributed by atoms with Crippen LogP contribution < -0.4 is 10.5 Å². The van der Waals surface area contributed by atoms with Crippen molar-refractivity contribution >= 4 is 17.2 Å². The molecule has 0 aliphatic heterocycles. The van der Waals surface area contributed by atoms with Crippen LogP contribution in [0.3, 0.4) is 0 Å². The Hall–Kier alpha value is -1.49. The van der Waals surface area contributed by atoms with Crippen LogP contribution in [0, 0.1) is 0 Å². The molecule has 0 aliphatic carbocycles. The quantitative estimate of drug-likeness (QED) is 0.767. The third kappa shape index (κ3) is 1.50. The van der Waals surface area contributed by atoms with Crippen LogP contribution in [0.5, 0.6) is 5.75 Å². The molecule has 2 heterocycles. The molecule has 0 amide bonds. The van der Waals surface area contributed by atoms with Gasteiger partial charge in [-0.15, -0.1) is 11.3 Å². The fraction of sp³-hybridized carbons (Fsp3) is 0.125. The minimum Gasteiger partial charge on any atom is -0.496 e. The van der Waals surface area contributed by atoms with Gasteiger partial charge in [0.25, 0.3) is 0 Å². The summed E-state index contributed by atoms with van der Waals surface area (Å²) in [5, 5.41) is 8.62. The Morgan fingerprint density at radius 2 is 2.38 bits per heavy atom. The first-order chi connectivity index (χ1) is 6.29. The summed E-state index contributed by atoms with van der Waals surface area (Å²) in [5.74, 6) is 1.36. The molecule has 0 radical (unpaired) electrons. The number of anilines is 1. The number of H-pyrrole nitrogens is 1. The van der Waals surface area contributed by atoms with Crippen LogP contribution in [0.2, 0.25) is 0 Å². The maximum absolute atomic E-state index is 5.49. The number of aromatic amines is 1. The van der Waals surface area contributed by atoms with Crippen LogP contribution >= 0.6 is 11.3 Å². The van der Waals surface area contributed by atoms with Gasteiger partial charge in [-0.05, 0) is 0 Å². The minimum atomic E-state index is 0.502. The number of ether oxygens (including phenoxy) is 1. The van der Waals surface area contributed by atoms with Gasteiger partial charge in [-0.25, -0.2) is 0 Å². The molecule has 0 spiro atoms. The zero-order valence-corrected chi connectivity index (χ0v) is 7.89. The molecule has 0 unspecified atom stereocenters. The predicted molar refractivity (Wildman–Crippen MR) is 52.9 cm³/mol. The monoisotopic (exact) mass is 195 g/mol. The minimum absolute atomic E-state index is 0.502. The third-order valence-corrected chi connectivity index (χ3v) is 2.62. The fourth-order valence-electron chi connectivity index (χ4n) is 1.03. The van der Waals surface area contributed by atoms with Gasteiger partial charge in [-0.1, -0.05) is 0 Å². The molecule has 0 atom stereocenters. The van der Waals surface area contributed by atoms with E-state index in [2.05, 4.69) is 10.2 Å². The molecule has 2 aromatic heterocycles. The molecule has 0 aromatic carbocycles. The van der Waals surface area contributed by atoms with Crippen molar-refractivity contribution in [2.24, 2.45) is 0 Å². The highest BCUT2D eigenvalue weighted by Crippen LogP contribution is 2.30. The summed E-state index contributed by atoms with van der Waals surface area (Å²) >= 11 is 1.59. The first-order valence-electron chi connectivity index (χ1n) is 3.73. The SMILES string of the molecule is COc1csc(-c2cc(N)n[nH]2)c1. The smallest absolute Gasteiger partial charge is 0.145 e. The highest BCUT2D eigenvalue weighted by Gasteiger charge is 2.04. The molecule has 0 fully saturated rings. The van der Waals surface area contributed by atoms with E-state index in [0.717, 1.165) is 16.3 Å². The number of aromatic nitrogens is 2. The highest BCUT2D eigenvalue weighted by atomic mass is 32.1. The second kappa shape index (κ2) is 3.10. The van der Waals surface area contributed by atoms with E-state index in [9.17, 15) is 0 Å². The Kier molecular flexibility index (Phi) is 1.94. The van der Waals surface area contributed by atoms with E-state index in [-0.39, 0.29) is 0 Å². The molecule has 0 bridgehead atoms. The van der Waals surface area contributed by atoms with Crippen molar-refractivity contribution in [1.82, 2.24) is 10.2 Å². The Bertz CT molecular complexity index is 407. The summed E-state index contributed by atoms with van der Waals surface area (Å²) in [7, 11) is 1.65. The van der Waals surface area contributed by atoms with Crippen molar-refractivity contribution < 1.29 is 4.74 Å². The van der Waals surface area contributed by atoms with Gasteiger partial charge >= 0.3 is 0 Å². The van der Waals surface area contributed by atoms with Gasteiger partial charge in [-0.2, -0.15) is 5.10 Å². The number of nitrogen functional groups attached to an aromatic ring is 1. The molecule has 0 aliphatic rings. The van der Waals surface area contributed by atoms with Crippen molar-refractivity contribution in [3.8, 4) is 16.3 Å². The lowest BCUT2D eigenvalue weighted by Gasteiger charge is -1.89. The first kappa shape index (κ1) is 8.12. The zero-order valence-electron chi connectivity index (χ0n) is 7.07. The molecule has 13 heavy (non-hydrogen) atoms. The molecule has 2 rings (SSSR count). The lowest BCUT2D eigenvalue weighted by Crippen LogP contribution is -1.81. The standard InChI is InChI=1S/C8H9N3OS/c1-12-5-2-7(13-4-5)6-3-8(9)11-10-6/h2-4H,1H3,(H3,9,10,11). The molecule has 4 nitrogen and oxygen atoms in total. The summed E-state index contributed by atoms with van der Waals surface area (Å²) < 4.78 is 5.07. The normalized spacial score (nSPS) is 10.2. The first-order valence-corrected chi connectivity index (χ1v) is 4.61. The number of nitrogens with two attached hydrogens (primary N) is 1. The van der Waals surface area contributed by atoms with Gasteiger partial charge in [0, 0.05) is 17.5 Å². The number of hydrogen-bond acceptors (Lipinski definition) is 4. The molecule has 0 saturated heterocycles. The van der Waals surface area contributed by atoms with E-state index in [4.69, 9.17) is 10.5 Å². The summed E-state index contributed by atoms with van der Waals surface area (Å²) in [6, 6.07) is 3.74. The summed E-state index contributed by atoms with van der Waals surface area (Å²) in [5.41, 5.74) is 6.41. The predicted octanol–water partition coefficient (Wildman–Crippen LogP) is 1.73. The molecule has 5 heteroatoms. The van der Waals surface area contributed by atoms with E-state index in [1.165, 1.54) is 0 Å². The number of nitrogens with one attached hydrogen (secondary N) is 1. The van der Waals surface area contributed by atoms with Crippen molar-refractivity contribution in [3.63, 3.8) is 0 Å². The van der Waals surface area contributed by atoms with Gasteiger partial charge in [-0.3, -0.25) is 5.10 Å². The van der Waals surface area contributed by atoms with E-state index in [0.29, 0.717) is 5.82 Å². The molecule has 68 valence electrons. The van der Waals surface area contributed by atoms with Crippen LogP contribution in [-0.4, -0.2) is 17.3 Å². The third-order valence-electron chi connectivity index (χ3n) is 1.67. The van der Waals surface area contributed by atoms with Crippen LogP contribution in [0.25, 0.3) is 10.6 Å². The molecule has 3 N–H and O–H groups in total. The van der Waals surface area contributed by atoms with E-state index >= 15 is 0 Å². The maximum Gasteiger partial charge on any atom is 0.145 e. The fourth-order valence-corrected chi connectivity index (χ4v) is 1.85. The van der Waals surface area contributed by atoms with Crippen molar-refractivity contribution in [2.75, 3.05) is 12.8 Å². The second-order valence-corrected chi connectivity index (χ2v) is 3.47. The van der Waals surface area contributed by atoms with Crippen molar-refractivity contribution in [1.29, 1.82) is 0 Å². The van der Waals surface area contributed by atoms with Crippen LogP contribution in [0.4, 0.5) is 5.82 Å². The largest absolute Gasteiger partial charge is 0.496 e. The topological polar surface area (TPSA) is 63.9 Å². The number of rotatable bonds is 2. The lowest BCUT2D eigenvalue weighted by atomic mass is 10.3. The molecular weight excluding hydrogens is 186 g/mol. The summed E-state index contributed by atoms with van der Waals surface area (Å²) in [6.07, 6.45) is 0. The lowest BCUT2D eigenvalue weighted by molar-refractivity contribution is 0.417. The van der Waals surface area contributed by atoms with Gasteiger partial charge in [0.2, 0.25) is 0 Å². The van der Waals surface area contributed by atoms with Crippen LogP contribution in [0.15, 0.2) is 17.5 Å². The van der Waals surface area contributed by atoms with Crippen LogP contribution in [0.1, 0.15) is 0 Å². The summed E-state index contributed by atoms with van der Waals surface area (Å²) in [6.45, 7) is 0. The van der Waals surface area contributed by atoms with Gasteiger partial charge in [0.05, 0.1) is 17.7 Å².